The molecule has 3 aromatic carbocycles. The van der Waals surface area contributed by atoms with Crippen LogP contribution in [0, 0.1) is 5.92 Å². The molecule has 0 bridgehead atoms. The number of benzene rings is 3. The molecular formula is C27H27ClN2O6. The molecule has 0 spiro atoms. The van der Waals surface area contributed by atoms with Crippen molar-refractivity contribution in [2.24, 2.45) is 5.92 Å². The number of carbonyl (C=O) groups is 2. The molecule has 0 saturated carbocycles. The van der Waals surface area contributed by atoms with Crippen molar-refractivity contribution < 1.29 is 28.5 Å². The van der Waals surface area contributed by atoms with Crippen molar-refractivity contribution in [2.75, 3.05) is 38.7 Å². The highest BCUT2D eigenvalue weighted by molar-refractivity contribution is 6.32. The lowest BCUT2D eigenvalue weighted by molar-refractivity contribution is -0.122. The second kappa shape index (κ2) is 10.8. The zero-order valence-electron chi connectivity index (χ0n) is 20.4. The van der Waals surface area contributed by atoms with Crippen molar-refractivity contribution in [1.82, 2.24) is 0 Å². The summed E-state index contributed by atoms with van der Waals surface area (Å²) in [4.78, 5) is 28.6. The van der Waals surface area contributed by atoms with Gasteiger partial charge in [-0.1, -0.05) is 23.7 Å². The number of ether oxygens (including phenoxy) is 4. The Morgan fingerprint density at radius 1 is 0.861 bits per heavy atom. The maximum Gasteiger partial charge on any atom is 0.230 e. The highest BCUT2D eigenvalue weighted by atomic mass is 35.5. The number of nitrogens with one attached hydrogen (secondary N) is 1. The number of methoxy groups -OCH3 is 4. The Morgan fingerprint density at radius 2 is 1.44 bits per heavy atom. The first-order valence-electron chi connectivity index (χ1n) is 11.2. The Hall–Kier alpha value is -3.91. The van der Waals surface area contributed by atoms with Crippen LogP contribution in [0.5, 0.6) is 23.0 Å². The second-order valence-corrected chi connectivity index (χ2v) is 8.57. The summed E-state index contributed by atoms with van der Waals surface area (Å²) in [6, 6.07) is 17.2. The van der Waals surface area contributed by atoms with Crippen LogP contribution in [0.1, 0.15) is 18.0 Å². The summed E-state index contributed by atoms with van der Waals surface area (Å²) >= 11 is 6.29. The monoisotopic (exact) mass is 510 g/mol. The van der Waals surface area contributed by atoms with Gasteiger partial charge in [-0.05, 0) is 48.0 Å². The molecule has 0 unspecified atom stereocenters. The third-order valence-electron chi connectivity index (χ3n) is 6.20. The van der Waals surface area contributed by atoms with Gasteiger partial charge < -0.3 is 29.2 Å². The standard InChI is InChI=1S/C27H27ClN2O6/c1-33-18-9-5-16(6-10-18)26-20(13-25(31)30(26)17-7-11-19(34-2)12-8-17)27(32)29-22-14-21(28)23(35-3)15-24(22)36-4/h5-12,14-15,20,26H,13H2,1-4H3,(H,29,32)/t20-,26-/m1/s1. The number of hydrogen-bond donors (Lipinski definition) is 1. The van der Waals surface area contributed by atoms with Crippen LogP contribution in [0.2, 0.25) is 5.02 Å². The summed E-state index contributed by atoms with van der Waals surface area (Å²) in [6.07, 6.45) is 0.0285. The molecule has 1 aliphatic rings. The minimum atomic E-state index is -0.682. The van der Waals surface area contributed by atoms with Gasteiger partial charge >= 0.3 is 0 Å². The zero-order valence-corrected chi connectivity index (χ0v) is 21.2. The summed E-state index contributed by atoms with van der Waals surface area (Å²) in [5, 5.41) is 3.22. The predicted octanol–water partition coefficient (Wildman–Crippen LogP) is 5.11. The fraction of sp³-hybridized carbons (Fsp3) is 0.259. The molecule has 36 heavy (non-hydrogen) atoms. The molecule has 0 radical (unpaired) electrons. The average Bonchev–Trinajstić information content (AvgIpc) is 3.26. The molecule has 188 valence electrons. The van der Waals surface area contributed by atoms with Gasteiger partial charge in [0.2, 0.25) is 11.8 Å². The van der Waals surface area contributed by atoms with Gasteiger partial charge in [0.25, 0.3) is 0 Å². The Labute approximate surface area is 214 Å². The van der Waals surface area contributed by atoms with Crippen LogP contribution in [-0.4, -0.2) is 40.3 Å². The lowest BCUT2D eigenvalue weighted by Gasteiger charge is -2.29. The van der Waals surface area contributed by atoms with Gasteiger partial charge in [0.05, 0.1) is 51.1 Å². The van der Waals surface area contributed by atoms with Crippen molar-refractivity contribution in [2.45, 2.75) is 12.5 Å². The van der Waals surface area contributed by atoms with E-state index in [-0.39, 0.29) is 18.2 Å². The molecule has 1 N–H and O–H groups in total. The minimum absolute atomic E-state index is 0.0285. The lowest BCUT2D eigenvalue weighted by Crippen LogP contribution is -2.32. The van der Waals surface area contributed by atoms with Crippen LogP contribution >= 0.6 is 11.6 Å². The number of amides is 2. The van der Waals surface area contributed by atoms with Gasteiger partial charge in [-0.25, -0.2) is 0 Å². The van der Waals surface area contributed by atoms with Gasteiger partial charge in [0.15, 0.2) is 0 Å². The van der Waals surface area contributed by atoms with Gasteiger partial charge in [0.1, 0.15) is 23.0 Å². The average molecular weight is 511 g/mol. The first-order chi connectivity index (χ1) is 17.4. The van der Waals surface area contributed by atoms with E-state index in [1.165, 1.54) is 14.2 Å². The smallest absolute Gasteiger partial charge is 0.230 e. The van der Waals surface area contributed by atoms with Gasteiger partial charge in [-0.2, -0.15) is 0 Å². The van der Waals surface area contributed by atoms with E-state index in [1.807, 2.05) is 24.3 Å². The van der Waals surface area contributed by atoms with Crippen LogP contribution in [0.25, 0.3) is 0 Å². The van der Waals surface area contributed by atoms with E-state index in [4.69, 9.17) is 30.5 Å². The van der Waals surface area contributed by atoms with Crippen LogP contribution in [0.15, 0.2) is 60.7 Å². The quantitative estimate of drug-likeness (QED) is 0.453. The summed E-state index contributed by atoms with van der Waals surface area (Å²) in [6.45, 7) is 0. The molecule has 0 aliphatic carbocycles. The van der Waals surface area contributed by atoms with E-state index >= 15 is 0 Å². The minimum Gasteiger partial charge on any atom is -0.497 e. The van der Waals surface area contributed by atoms with E-state index in [9.17, 15) is 9.59 Å². The van der Waals surface area contributed by atoms with Gasteiger partial charge in [-0.15, -0.1) is 0 Å². The summed E-state index contributed by atoms with van der Waals surface area (Å²) in [7, 11) is 6.15. The summed E-state index contributed by atoms with van der Waals surface area (Å²) < 4.78 is 21.2. The molecule has 3 aromatic rings. The maximum atomic E-state index is 13.6. The predicted molar refractivity (Wildman–Crippen MR) is 138 cm³/mol. The first-order valence-corrected chi connectivity index (χ1v) is 11.6. The van der Waals surface area contributed by atoms with E-state index < -0.39 is 12.0 Å². The van der Waals surface area contributed by atoms with Crippen LogP contribution < -0.4 is 29.2 Å². The molecule has 0 aromatic heterocycles. The molecule has 4 rings (SSSR count). The van der Waals surface area contributed by atoms with Crippen molar-refractivity contribution in [3.8, 4) is 23.0 Å². The van der Waals surface area contributed by atoms with Crippen molar-refractivity contribution in [3.05, 3.63) is 71.2 Å². The molecule has 1 heterocycles. The van der Waals surface area contributed by atoms with Crippen molar-refractivity contribution in [3.63, 3.8) is 0 Å². The first kappa shape index (κ1) is 25.2. The third kappa shape index (κ3) is 4.90. The Balaban J connectivity index is 1.71. The van der Waals surface area contributed by atoms with E-state index in [0.717, 1.165) is 5.56 Å². The SMILES string of the molecule is COc1ccc([C@@H]2[C@H](C(=O)Nc3cc(Cl)c(OC)cc3OC)CC(=O)N2c2ccc(OC)cc2)cc1. The van der Waals surface area contributed by atoms with E-state index in [2.05, 4.69) is 5.32 Å². The fourth-order valence-corrected chi connectivity index (χ4v) is 4.62. The van der Waals surface area contributed by atoms with E-state index in [1.54, 1.807) is 55.5 Å². The number of halogens is 1. The van der Waals surface area contributed by atoms with E-state index in [0.29, 0.717) is 39.4 Å². The number of carbonyl (C=O) groups excluding carboxylic acids is 2. The maximum absolute atomic E-state index is 13.6. The summed E-state index contributed by atoms with van der Waals surface area (Å²) in [5.74, 6) is 0.979. The Bertz CT molecular complexity index is 1250. The van der Waals surface area contributed by atoms with Crippen LogP contribution in [0.4, 0.5) is 11.4 Å². The molecule has 9 heteroatoms. The lowest BCUT2D eigenvalue weighted by atomic mass is 9.92. The van der Waals surface area contributed by atoms with Gasteiger partial charge in [-0.3, -0.25) is 9.59 Å². The number of hydrogen-bond acceptors (Lipinski definition) is 6. The topological polar surface area (TPSA) is 86.3 Å². The molecular weight excluding hydrogens is 484 g/mol. The Kier molecular flexibility index (Phi) is 7.55. The molecule has 1 saturated heterocycles. The second-order valence-electron chi connectivity index (χ2n) is 8.17. The normalized spacial score (nSPS) is 17.0. The van der Waals surface area contributed by atoms with Crippen molar-refractivity contribution >= 4 is 34.8 Å². The van der Waals surface area contributed by atoms with Crippen LogP contribution in [-0.2, 0) is 9.59 Å². The number of anilines is 2. The highest BCUT2D eigenvalue weighted by Gasteiger charge is 2.45. The molecule has 1 aliphatic heterocycles. The van der Waals surface area contributed by atoms with Gasteiger partial charge in [0, 0.05) is 18.2 Å². The third-order valence-corrected chi connectivity index (χ3v) is 6.49. The molecule has 2 atom stereocenters. The number of rotatable bonds is 8. The molecule has 1 fully saturated rings. The van der Waals surface area contributed by atoms with Crippen molar-refractivity contribution in [1.29, 1.82) is 0 Å². The molecule has 8 nitrogen and oxygen atoms in total. The Morgan fingerprint density at radius 3 is 2.00 bits per heavy atom. The highest BCUT2D eigenvalue weighted by Crippen LogP contribution is 2.43. The molecule has 2 amide bonds. The number of nitrogens with zero attached hydrogens (tertiary/aromatic N) is 1. The van der Waals surface area contributed by atoms with Crippen LogP contribution in [0.3, 0.4) is 0 Å². The summed E-state index contributed by atoms with van der Waals surface area (Å²) in [5.41, 5.74) is 1.86. The fourth-order valence-electron chi connectivity index (χ4n) is 4.38. The zero-order chi connectivity index (χ0) is 25.8. The largest absolute Gasteiger partial charge is 0.497 e.